The van der Waals surface area contributed by atoms with Gasteiger partial charge in [0.15, 0.2) is 0 Å². The van der Waals surface area contributed by atoms with Crippen molar-refractivity contribution in [1.29, 1.82) is 0 Å². The lowest BCUT2D eigenvalue weighted by Crippen LogP contribution is -2.01. The quantitative estimate of drug-likeness (QED) is 0.182. The Bertz CT molecular complexity index is 1390. The fourth-order valence-corrected chi connectivity index (χ4v) is 5.77. The van der Waals surface area contributed by atoms with E-state index in [2.05, 4.69) is 31.9 Å². The SMILES string of the molecule is O=C(c1ccc(Br)cc1)c1sc(C(=O)c2ccc(Br)cc2)c(-c2ccccc2)c1-c1ccccc1. The molecule has 0 bridgehead atoms. The van der Waals surface area contributed by atoms with Crippen LogP contribution in [0.4, 0.5) is 0 Å². The van der Waals surface area contributed by atoms with Gasteiger partial charge >= 0.3 is 0 Å². The van der Waals surface area contributed by atoms with Crippen LogP contribution >= 0.6 is 43.2 Å². The number of rotatable bonds is 6. The number of hydrogen-bond donors (Lipinski definition) is 0. The molecule has 0 unspecified atom stereocenters. The highest BCUT2D eigenvalue weighted by Crippen LogP contribution is 2.45. The first-order chi connectivity index (χ1) is 17.0. The minimum Gasteiger partial charge on any atom is -0.288 e. The minimum absolute atomic E-state index is 0.103. The van der Waals surface area contributed by atoms with Crippen LogP contribution in [0.2, 0.25) is 0 Å². The molecule has 35 heavy (non-hydrogen) atoms. The highest BCUT2D eigenvalue weighted by atomic mass is 79.9. The van der Waals surface area contributed by atoms with Gasteiger partial charge in [-0.15, -0.1) is 11.3 Å². The van der Waals surface area contributed by atoms with Gasteiger partial charge in [-0.3, -0.25) is 9.59 Å². The summed E-state index contributed by atoms with van der Waals surface area (Å²) in [4.78, 5) is 28.8. The first-order valence-electron chi connectivity index (χ1n) is 10.9. The Morgan fingerprint density at radius 1 is 0.486 bits per heavy atom. The van der Waals surface area contributed by atoms with E-state index in [1.807, 2.05) is 84.9 Å². The molecule has 0 aliphatic rings. The lowest BCUT2D eigenvalue weighted by atomic mass is 9.91. The summed E-state index contributed by atoms with van der Waals surface area (Å²) in [5, 5.41) is 0. The van der Waals surface area contributed by atoms with Gasteiger partial charge in [-0.1, -0.05) is 92.5 Å². The van der Waals surface area contributed by atoms with Gasteiger partial charge in [0, 0.05) is 31.2 Å². The van der Waals surface area contributed by atoms with Crippen LogP contribution in [0.15, 0.2) is 118 Å². The van der Waals surface area contributed by atoms with Crippen molar-refractivity contribution in [1.82, 2.24) is 0 Å². The smallest absolute Gasteiger partial charge is 0.203 e. The van der Waals surface area contributed by atoms with Crippen LogP contribution in [0.3, 0.4) is 0 Å². The molecule has 0 amide bonds. The van der Waals surface area contributed by atoms with Crippen LogP contribution in [-0.2, 0) is 0 Å². The van der Waals surface area contributed by atoms with Gasteiger partial charge < -0.3 is 0 Å². The predicted octanol–water partition coefficient (Wildman–Crippen LogP) is 9.07. The summed E-state index contributed by atoms with van der Waals surface area (Å²) in [6.07, 6.45) is 0. The molecular formula is C30H18Br2O2S. The van der Waals surface area contributed by atoms with Crippen LogP contribution in [0.5, 0.6) is 0 Å². The second kappa shape index (κ2) is 10.2. The summed E-state index contributed by atoms with van der Waals surface area (Å²) < 4.78 is 1.80. The van der Waals surface area contributed by atoms with E-state index in [4.69, 9.17) is 0 Å². The van der Waals surface area contributed by atoms with E-state index in [0.717, 1.165) is 31.2 Å². The maximum Gasteiger partial charge on any atom is 0.203 e. The number of halogens is 2. The summed E-state index contributed by atoms with van der Waals surface area (Å²) >= 11 is 8.15. The Morgan fingerprint density at radius 2 is 0.829 bits per heavy atom. The summed E-state index contributed by atoms with van der Waals surface area (Å²) in [6.45, 7) is 0. The molecule has 2 nitrogen and oxygen atoms in total. The molecule has 170 valence electrons. The monoisotopic (exact) mass is 600 g/mol. The van der Waals surface area contributed by atoms with E-state index in [1.54, 1.807) is 24.3 Å². The van der Waals surface area contributed by atoms with Gasteiger partial charge in [0.25, 0.3) is 0 Å². The third-order valence-corrected chi connectivity index (χ3v) is 7.90. The van der Waals surface area contributed by atoms with E-state index in [1.165, 1.54) is 11.3 Å². The first kappa shape index (κ1) is 23.6. The molecule has 0 atom stereocenters. The fourth-order valence-electron chi connectivity index (χ4n) is 3.98. The van der Waals surface area contributed by atoms with Gasteiger partial charge in [-0.2, -0.15) is 0 Å². The number of thiophene rings is 1. The summed E-state index contributed by atoms with van der Waals surface area (Å²) in [6, 6.07) is 34.3. The average molecular weight is 602 g/mol. The van der Waals surface area contributed by atoms with Crippen molar-refractivity contribution < 1.29 is 9.59 Å². The standard InChI is InChI=1S/C30H18Br2O2S/c31-23-15-11-21(12-16-23)27(33)29-25(19-7-3-1-4-8-19)26(20-9-5-2-6-10-20)30(35-29)28(34)22-13-17-24(32)18-14-22/h1-18H. The maximum atomic E-state index is 13.8. The van der Waals surface area contributed by atoms with Crippen molar-refractivity contribution in [2.24, 2.45) is 0 Å². The van der Waals surface area contributed by atoms with Crippen LogP contribution in [-0.4, -0.2) is 11.6 Å². The molecule has 0 fully saturated rings. The predicted molar refractivity (Wildman–Crippen MR) is 150 cm³/mol. The second-order valence-electron chi connectivity index (χ2n) is 7.91. The zero-order chi connectivity index (χ0) is 24.4. The minimum atomic E-state index is -0.103. The molecule has 0 spiro atoms. The third kappa shape index (κ3) is 4.85. The molecule has 0 aliphatic carbocycles. The zero-order valence-corrected chi connectivity index (χ0v) is 22.4. The number of ketones is 2. The lowest BCUT2D eigenvalue weighted by molar-refractivity contribution is 0.103. The normalized spacial score (nSPS) is 10.8. The molecule has 1 aromatic heterocycles. The van der Waals surface area contributed by atoms with Crippen molar-refractivity contribution in [2.45, 2.75) is 0 Å². The molecule has 4 aromatic carbocycles. The van der Waals surface area contributed by atoms with Crippen LogP contribution in [0, 0.1) is 0 Å². The van der Waals surface area contributed by atoms with Crippen LogP contribution in [0.25, 0.3) is 22.3 Å². The van der Waals surface area contributed by atoms with E-state index in [9.17, 15) is 9.59 Å². The molecule has 0 radical (unpaired) electrons. The number of benzene rings is 4. The Morgan fingerprint density at radius 3 is 1.17 bits per heavy atom. The van der Waals surface area contributed by atoms with Crippen molar-refractivity contribution >= 4 is 54.8 Å². The second-order valence-corrected chi connectivity index (χ2v) is 10.8. The molecule has 0 saturated heterocycles. The molecule has 5 heteroatoms. The Balaban J connectivity index is 1.80. The molecule has 5 aromatic rings. The topological polar surface area (TPSA) is 34.1 Å². The van der Waals surface area contributed by atoms with E-state index in [0.29, 0.717) is 20.9 Å². The largest absolute Gasteiger partial charge is 0.288 e. The van der Waals surface area contributed by atoms with Crippen molar-refractivity contribution in [3.05, 3.63) is 139 Å². The fraction of sp³-hybridized carbons (Fsp3) is 0. The number of carbonyl (C=O) groups excluding carboxylic acids is 2. The molecular weight excluding hydrogens is 584 g/mol. The molecule has 0 aliphatic heterocycles. The van der Waals surface area contributed by atoms with E-state index in [-0.39, 0.29) is 11.6 Å². The Kier molecular flexibility index (Phi) is 6.91. The van der Waals surface area contributed by atoms with Gasteiger partial charge in [0.1, 0.15) is 0 Å². The van der Waals surface area contributed by atoms with Crippen LogP contribution in [0.1, 0.15) is 30.5 Å². The highest BCUT2D eigenvalue weighted by Gasteiger charge is 2.29. The molecule has 1 heterocycles. The van der Waals surface area contributed by atoms with E-state index >= 15 is 0 Å². The Labute approximate surface area is 224 Å². The van der Waals surface area contributed by atoms with Gasteiger partial charge in [-0.05, 0) is 59.7 Å². The molecule has 0 saturated carbocycles. The lowest BCUT2D eigenvalue weighted by Gasteiger charge is -2.10. The Hall–Kier alpha value is -3.12. The molecule has 0 N–H and O–H groups in total. The number of carbonyl (C=O) groups is 2. The van der Waals surface area contributed by atoms with Crippen molar-refractivity contribution in [2.75, 3.05) is 0 Å². The zero-order valence-electron chi connectivity index (χ0n) is 18.4. The van der Waals surface area contributed by atoms with Gasteiger partial charge in [0.05, 0.1) is 9.75 Å². The van der Waals surface area contributed by atoms with E-state index < -0.39 is 0 Å². The van der Waals surface area contributed by atoms with Crippen molar-refractivity contribution in [3.8, 4) is 22.3 Å². The van der Waals surface area contributed by atoms with Gasteiger partial charge in [0.2, 0.25) is 11.6 Å². The summed E-state index contributed by atoms with van der Waals surface area (Å²) in [5.74, 6) is -0.207. The average Bonchev–Trinajstić information content (AvgIpc) is 3.30. The number of hydrogen-bond acceptors (Lipinski definition) is 3. The van der Waals surface area contributed by atoms with Crippen LogP contribution < -0.4 is 0 Å². The maximum absolute atomic E-state index is 13.8. The van der Waals surface area contributed by atoms with Crippen molar-refractivity contribution in [3.63, 3.8) is 0 Å². The summed E-state index contributed by atoms with van der Waals surface area (Å²) in [5.41, 5.74) is 4.53. The van der Waals surface area contributed by atoms with Gasteiger partial charge in [-0.25, -0.2) is 0 Å². The highest BCUT2D eigenvalue weighted by molar-refractivity contribution is 9.10. The summed E-state index contributed by atoms with van der Waals surface area (Å²) in [7, 11) is 0. The first-order valence-corrected chi connectivity index (χ1v) is 13.3. The molecule has 5 rings (SSSR count). The third-order valence-electron chi connectivity index (χ3n) is 5.66.